The van der Waals surface area contributed by atoms with Gasteiger partial charge < -0.3 is 9.47 Å². The Morgan fingerprint density at radius 1 is 1.18 bits per heavy atom. The summed E-state index contributed by atoms with van der Waals surface area (Å²) in [6, 6.07) is 11.1. The van der Waals surface area contributed by atoms with Gasteiger partial charge in [0, 0.05) is 7.05 Å². The predicted octanol–water partition coefficient (Wildman–Crippen LogP) is 2.13. The molecule has 8 nitrogen and oxygen atoms in total. The van der Waals surface area contributed by atoms with Crippen LogP contribution >= 0.6 is 11.6 Å². The number of ether oxygens (including phenoxy) is 2. The smallest absolute Gasteiger partial charge is 0.255 e. The van der Waals surface area contributed by atoms with Crippen LogP contribution in [-0.4, -0.2) is 52.7 Å². The lowest BCUT2D eigenvalue weighted by molar-refractivity contribution is -0.121. The average Bonchev–Trinajstić information content (AvgIpc) is 2.68. The molecular formula is C18H20ClN3O5S. The van der Waals surface area contributed by atoms with Gasteiger partial charge >= 0.3 is 0 Å². The molecule has 2 rings (SSSR count). The summed E-state index contributed by atoms with van der Waals surface area (Å²) in [6.45, 7) is -0.411. The number of rotatable bonds is 8. The van der Waals surface area contributed by atoms with Crippen molar-refractivity contribution < 1.29 is 22.7 Å². The third-order valence-electron chi connectivity index (χ3n) is 3.72. The van der Waals surface area contributed by atoms with Gasteiger partial charge in [0.15, 0.2) is 0 Å². The fourth-order valence-electron chi connectivity index (χ4n) is 2.18. The zero-order chi connectivity index (χ0) is 20.7. The standard InChI is InChI=1S/C18H20ClN3O5S/c1-22(28(24,25)15-8-9-17(27-3)16(19)10-15)12-18(23)21-20-11-13-4-6-14(26-2)7-5-13/h4-11H,12H2,1-3H3,(H,21,23). The zero-order valence-corrected chi connectivity index (χ0v) is 17.1. The van der Waals surface area contributed by atoms with Crippen molar-refractivity contribution in [3.8, 4) is 11.5 Å². The third-order valence-corrected chi connectivity index (χ3v) is 5.81. The van der Waals surface area contributed by atoms with Gasteiger partial charge in [0.25, 0.3) is 5.91 Å². The number of halogens is 1. The quantitative estimate of drug-likeness (QED) is 0.516. The first-order chi connectivity index (χ1) is 13.3. The van der Waals surface area contributed by atoms with E-state index in [0.29, 0.717) is 11.5 Å². The van der Waals surface area contributed by atoms with Crippen LogP contribution in [0.3, 0.4) is 0 Å². The Morgan fingerprint density at radius 3 is 2.43 bits per heavy atom. The first-order valence-corrected chi connectivity index (χ1v) is 9.85. The summed E-state index contributed by atoms with van der Waals surface area (Å²) in [6.07, 6.45) is 1.44. The maximum Gasteiger partial charge on any atom is 0.255 e. The Labute approximate surface area is 168 Å². The van der Waals surface area contributed by atoms with Crippen LogP contribution in [0.2, 0.25) is 5.02 Å². The highest BCUT2D eigenvalue weighted by molar-refractivity contribution is 7.89. The van der Waals surface area contributed by atoms with Gasteiger partial charge in [-0.25, -0.2) is 13.8 Å². The molecule has 0 fully saturated rings. The molecule has 10 heteroatoms. The Balaban J connectivity index is 1.98. The summed E-state index contributed by atoms with van der Waals surface area (Å²) in [5.74, 6) is 0.468. The van der Waals surface area contributed by atoms with Crippen LogP contribution < -0.4 is 14.9 Å². The normalized spacial score (nSPS) is 11.6. The molecule has 1 N–H and O–H groups in total. The fourth-order valence-corrected chi connectivity index (χ4v) is 3.66. The molecule has 0 unspecified atom stereocenters. The summed E-state index contributed by atoms with van der Waals surface area (Å²) in [5.41, 5.74) is 3.04. The second-order valence-corrected chi connectivity index (χ2v) is 8.08. The SMILES string of the molecule is COc1ccc(C=NNC(=O)CN(C)S(=O)(=O)c2ccc(OC)c(Cl)c2)cc1. The van der Waals surface area contributed by atoms with Gasteiger partial charge in [-0.3, -0.25) is 4.79 Å². The molecule has 0 aromatic heterocycles. The van der Waals surface area contributed by atoms with E-state index in [0.717, 1.165) is 9.87 Å². The summed E-state index contributed by atoms with van der Waals surface area (Å²) in [4.78, 5) is 11.9. The first kappa shape index (κ1) is 21.7. The number of nitrogens with zero attached hydrogens (tertiary/aromatic N) is 2. The van der Waals surface area contributed by atoms with Crippen molar-refractivity contribution in [3.05, 3.63) is 53.1 Å². The summed E-state index contributed by atoms with van der Waals surface area (Å²) < 4.78 is 36.1. The number of hydrogen-bond acceptors (Lipinski definition) is 6. The number of carbonyl (C=O) groups is 1. The van der Waals surface area contributed by atoms with Crippen molar-refractivity contribution in [2.75, 3.05) is 27.8 Å². The second-order valence-electron chi connectivity index (χ2n) is 5.62. The van der Waals surface area contributed by atoms with E-state index in [2.05, 4.69) is 10.5 Å². The molecule has 150 valence electrons. The van der Waals surface area contributed by atoms with Crippen molar-refractivity contribution in [1.29, 1.82) is 0 Å². The van der Waals surface area contributed by atoms with Crippen molar-refractivity contribution in [2.45, 2.75) is 4.90 Å². The van der Waals surface area contributed by atoms with E-state index in [-0.39, 0.29) is 9.92 Å². The number of amides is 1. The molecule has 0 heterocycles. The van der Waals surface area contributed by atoms with E-state index in [4.69, 9.17) is 21.1 Å². The number of nitrogens with one attached hydrogen (secondary N) is 1. The Kier molecular flexibility index (Phi) is 7.38. The molecule has 0 bridgehead atoms. The Bertz CT molecular complexity index is 962. The minimum absolute atomic E-state index is 0.0460. The van der Waals surface area contributed by atoms with Crippen LogP contribution in [0.4, 0.5) is 0 Å². The summed E-state index contributed by atoms with van der Waals surface area (Å²) in [5, 5.41) is 3.98. The van der Waals surface area contributed by atoms with Crippen LogP contribution in [0, 0.1) is 0 Å². The molecule has 1 amide bonds. The van der Waals surface area contributed by atoms with Gasteiger partial charge in [0.05, 0.1) is 36.9 Å². The van der Waals surface area contributed by atoms with Gasteiger partial charge in [-0.1, -0.05) is 11.6 Å². The van der Waals surface area contributed by atoms with Gasteiger partial charge in [0.2, 0.25) is 10.0 Å². The first-order valence-electron chi connectivity index (χ1n) is 8.03. The molecule has 0 saturated carbocycles. The highest BCUT2D eigenvalue weighted by Gasteiger charge is 2.23. The molecular weight excluding hydrogens is 406 g/mol. The monoisotopic (exact) mass is 425 g/mol. The average molecular weight is 426 g/mol. The minimum Gasteiger partial charge on any atom is -0.497 e. The van der Waals surface area contributed by atoms with Gasteiger partial charge in [-0.15, -0.1) is 0 Å². The van der Waals surface area contributed by atoms with Crippen LogP contribution in [0.5, 0.6) is 11.5 Å². The van der Waals surface area contributed by atoms with Gasteiger partial charge in [-0.05, 0) is 48.0 Å². The van der Waals surface area contributed by atoms with Gasteiger partial charge in [0.1, 0.15) is 11.5 Å². The van der Waals surface area contributed by atoms with Crippen molar-refractivity contribution >= 4 is 33.7 Å². The van der Waals surface area contributed by atoms with E-state index in [1.165, 1.54) is 38.6 Å². The molecule has 0 radical (unpaired) electrons. The molecule has 0 aliphatic heterocycles. The van der Waals surface area contributed by atoms with Crippen LogP contribution in [0.15, 0.2) is 52.5 Å². The van der Waals surface area contributed by atoms with Crippen molar-refractivity contribution in [1.82, 2.24) is 9.73 Å². The number of methoxy groups -OCH3 is 2. The maximum atomic E-state index is 12.6. The number of likely N-dealkylation sites (N-methyl/N-ethyl adjacent to an activating group) is 1. The summed E-state index contributed by atoms with van der Waals surface area (Å²) >= 11 is 5.98. The third kappa shape index (κ3) is 5.44. The molecule has 2 aromatic carbocycles. The molecule has 2 aromatic rings. The highest BCUT2D eigenvalue weighted by Crippen LogP contribution is 2.28. The van der Waals surface area contributed by atoms with E-state index in [9.17, 15) is 13.2 Å². The molecule has 0 aliphatic carbocycles. The molecule has 0 spiro atoms. The zero-order valence-electron chi connectivity index (χ0n) is 15.5. The Hall–Kier alpha value is -2.62. The predicted molar refractivity (Wildman–Crippen MR) is 107 cm³/mol. The topological polar surface area (TPSA) is 97.3 Å². The largest absolute Gasteiger partial charge is 0.497 e. The summed E-state index contributed by atoms with van der Waals surface area (Å²) in [7, 11) is 0.384. The van der Waals surface area contributed by atoms with E-state index < -0.39 is 22.5 Å². The van der Waals surface area contributed by atoms with E-state index in [1.54, 1.807) is 31.4 Å². The molecule has 28 heavy (non-hydrogen) atoms. The molecule has 0 saturated heterocycles. The number of benzene rings is 2. The number of sulfonamides is 1. The van der Waals surface area contributed by atoms with Crippen molar-refractivity contribution in [2.24, 2.45) is 5.10 Å². The van der Waals surface area contributed by atoms with Gasteiger partial charge in [-0.2, -0.15) is 9.41 Å². The lowest BCUT2D eigenvalue weighted by atomic mass is 10.2. The highest BCUT2D eigenvalue weighted by atomic mass is 35.5. The fraction of sp³-hybridized carbons (Fsp3) is 0.222. The molecule has 0 atom stereocenters. The van der Waals surface area contributed by atoms with E-state index >= 15 is 0 Å². The van der Waals surface area contributed by atoms with Crippen LogP contribution in [0.1, 0.15) is 5.56 Å². The number of hydrazone groups is 1. The molecule has 0 aliphatic rings. The number of hydrogen-bond donors (Lipinski definition) is 1. The lowest BCUT2D eigenvalue weighted by Gasteiger charge is -2.16. The number of carbonyl (C=O) groups excluding carboxylic acids is 1. The van der Waals surface area contributed by atoms with E-state index in [1.807, 2.05) is 0 Å². The second kappa shape index (κ2) is 9.54. The maximum absolute atomic E-state index is 12.6. The minimum atomic E-state index is -3.90. The lowest BCUT2D eigenvalue weighted by Crippen LogP contribution is -2.36. The Morgan fingerprint density at radius 2 is 1.86 bits per heavy atom. The van der Waals surface area contributed by atoms with Crippen LogP contribution in [0.25, 0.3) is 0 Å². The van der Waals surface area contributed by atoms with Crippen molar-refractivity contribution in [3.63, 3.8) is 0 Å². The van der Waals surface area contributed by atoms with Crippen LogP contribution in [-0.2, 0) is 14.8 Å².